The van der Waals surface area contributed by atoms with Crippen molar-refractivity contribution in [2.45, 2.75) is 20.3 Å². The molecule has 0 spiro atoms. The van der Waals surface area contributed by atoms with Crippen LogP contribution in [0.25, 0.3) is 0 Å². The molecular formula is C11H19NO. The van der Waals surface area contributed by atoms with E-state index in [-0.39, 0.29) is 11.2 Å². The van der Waals surface area contributed by atoms with Crippen LogP contribution in [0.5, 0.6) is 0 Å². The van der Waals surface area contributed by atoms with Crippen molar-refractivity contribution in [3.63, 3.8) is 0 Å². The zero-order chi connectivity index (χ0) is 10.5. The van der Waals surface area contributed by atoms with E-state index in [0.717, 1.165) is 13.0 Å². The Morgan fingerprint density at radius 1 is 1.62 bits per heavy atom. The van der Waals surface area contributed by atoms with Crippen molar-refractivity contribution < 1.29 is 4.79 Å². The fraction of sp³-hybridized carbons (Fsp3) is 0.636. The van der Waals surface area contributed by atoms with Gasteiger partial charge in [-0.05, 0) is 20.5 Å². The smallest absolute Gasteiger partial charge is 0.170 e. The first-order chi connectivity index (χ1) is 5.96. The third-order valence-electron chi connectivity index (χ3n) is 2.27. The Kier molecular flexibility index (Phi) is 4.68. The van der Waals surface area contributed by atoms with E-state index in [9.17, 15) is 4.79 Å². The summed E-state index contributed by atoms with van der Waals surface area (Å²) in [6.45, 7) is 8.18. The number of hydrogen-bond donors (Lipinski definition) is 0. The highest BCUT2D eigenvalue weighted by atomic mass is 16.1. The zero-order valence-electron chi connectivity index (χ0n) is 9.05. The topological polar surface area (TPSA) is 20.3 Å². The Balaban J connectivity index is 4.61. The minimum absolute atomic E-state index is 0.110. The van der Waals surface area contributed by atoms with Crippen molar-refractivity contribution in [1.82, 2.24) is 4.90 Å². The molecule has 0 amide bonds. The molecule has 1 unspecified atom stereocenters. The third kappa shape index (κ3) is 3.58. The van der Waals surface area contributed by atoms with Gasteiger partial charge in [-0.15, -0.1) is 5.73 Å². The first kappa shape index (κ1) is 12.2. The summed E-state index contributed by atoms with van der Waals surface area (Å²) in [6.07, 6.45) is 2.27. The fourth-order valence-corrected chi connectivity index (χ4v) is 1.33. The van der Waals surface area contributed by atoms with Gasteiger partial charge in [-0.25, -0.2) is 0 Å². The van der Waals surface area contributed by atoms with Crippen LogP contribution in [0, 0.1) is 5.41 Å². The average molecular weight is 181 g/mol. The summed E-state index contributed by atoms with van der Waals surface area (Å²) in [4.78, 5) is 13.7. The predicted octanol–water partition coefficient (Wildman–Crippen LogP) is 1.87. The lowest BCUT2D eigenvalue weighted by Gasteiger charge is -2.28. The maximum absolute atomic E-state index is 11.6. The average Bonchev–Trinajstić information content (AvgIpc) is 2.03. The Hall–Kier alpha value is -0.850. The number of allylic oxidation sites excluding steroid dienone is 1. The molecule has 0 radical (unpaired) electrons. The standard InChI is InChI=1S/C11H19NO/c1-6-8-10(13)11(3,7-2)9-12(4)5/h8H,1,7,9H2,2-5H3. The summed E-state index contributed by atoms with van der Waals surface area (Å²) >= 11 is 0. The molecule has 0 heterocycles. The van der Waals surface area contributed by atoms with E-state index in [1.54, 1.807) is 0 Å². The van der Waals surface area contributed by atoms with E-state index >= 15 is 0 Å². The van der Waals surface area contributed by atoms with Crippen LogP contribution >= 0.6 is 0 Å². The molecule has 0 aliphatic rings. The highest BCUT2D eigenvalue weighted by molar-refractivity contribution is 5.94. The molecule has 0 aliphatic carbocycles. The van der Waals surface area contributed by atoms with Gasteiger partial charge in [0, 0.05) is 18.0 Å². The van der Waals surface area contributed by atoms with Crippen LogP contribution in [-0.2, 0) is 4.79 Å². The molecule has 13 heavy (non-hydrogen) atoms. The van der Waals surface area contributed by atoms with Crippen molar-refractivity contribution >= 4 is 5.78 Å². The lowest BCUT2D eigenvalue weighted by Crippen LogP contribution is -2.36. The Labute approximate surface area is 80.9 Å². The largest absolute Gasteiger partial charge is 0.308 e. The van der Waals surface area contributed by atoms with E-state index in [0.29, 0.717) is 0 Å². The van der Waals surface area contributed by atoms with Gasteiger partial charge in [0.25, 0.3) is 0 Å². The van der Waals surface area contributed by atoms with Crippen molar-refractivity contribution in [3.05, 3.63) is 18.4 Å². The molecule has 0 bridgehead atoms. The van der Waals surface area contributed by atoms with Gasteiger partial charge in [0.2, 0.25) is 0 Å². The van der Waals surface area contributed by atoms with Crippen LogP contribution in [0.15, 0.2) is 18.4 Å². The maximum atomic E-state index is 11.6. The van der Waals surface area contributed by atoms with Crippen LogP contribution in [-0.4, -0.2) is 31.3 Å². The fourth-order valence-electron chi connectivity index (χ4n) is 1.33. The quantitative estimate of drug-likeness (QED) is 0.477. The molecular weight excluding hydrogens is 162 g/mol. The van der Waals surface area contributed by atoms with Gasteiger partial charge in [-0.1, -0.05) is 20.4 Å². The summed E-state index contributed by atoms with van der Waals surface area (Å²) in [6, 6.07) is 0. The number of carbonyl (C=O) groups is 1. The van der Waals surface area contributed by atoms with Crippen LogP contribution < -0.4 is 0 Å². The summed E-state index contributed by atoms with van der Waals surface area (Å²) in [5, 5.41) is 0. The highest BCUT2D eigenvalue weighted by Crippen LogP contribution is 2.23. The first-order valence-electron chi connectivity index (χ1n) is 4.51. The van der Waals surface area contributed by atoms with Crippen LogP contribution in [0.4, 0.5) is 0 Å². The molecule has 1 atom stereocenters. The second-order valence-electron chi connectivity index (χ2n) is 3.86. The lowest BCUT2D eigenvalue weighted by atomic mass is 9.82. The second kappa shape index (κ2) is 5.00. The van der Waals surface area contributed by atoms with Gasteiger partial charge >= 0.3 is 0 Å². The van der Waals surface area contributed by atoms with Gasteiger partial charge in [-0.2, -0.15) is 0 Å². The number of hydrogen-bond acceptors (Lipinski definition) is 2. The van der Waals surface area contributed by atoms with Gasteiger partial charge in [0.05, 0.1) is 0 Å². The van der Waals surface area contributed by atoms with Crippen molar-refractivity contribution in [2.75, 3.05) is 20.6 Å². The zero-order valence-corrected chi connectivity index (χ0v) is 9.05. The molecule has 0 aromatic carbocycles. The summed E-state index contributed by atoms with van der Waals surface area (Å²) in [7, 11) is 3.94. The molecule has 0 aromatic rings. The van der Waals surface area contributed by atoms with Crippen LogP contribution in [0.1, 0.15) is 20.3 Å². The molecule has 0 aromatic heterocycles. The number of rotatable bonds is 5. The number of carbonyl (C=O) groups excluding carboxylic acids is 1. The normalized spacial score (nSPS) is 14.8. The van der Waals surface area contributed by atoms with E-state index in [2.05, 4.69) is 12.3 Å². The summed E-state index contributed by atoms with van der Waals surface area (Å²) in [5.41, 5.74) is 2.24. The van der Waals surface area contributed by atoms with E-state index in [4.69, 9.17) is 0 Å². The maximum Gasteiger partial charge on any atom is 0.170 e. The second-order valence-corrected chi connectivity index (χ2v) is 3.86. The Morgan fingerprint density at radius 3 is 2.46 bits per heavy atom. The Bertz CT molecular complexity index is 226. The molecule has 0 fully saturated rings. The van der Waals surface area contributed by atoms with E-state index in [1.165, 1.54) is 6.08 Å². The molecule has 0 aliphatic heterocycles. The first-order valence-corrected chi connectivity index (χ1v) is 4.51. The molecule has 0 rings (SSSR count). The van der Waals surface area contributed by atoms with Crippen molar-refractivity contribution in [1.29, 1.82) is 0 Å². The molecule has 2 nitrogen and oxygen atoms in total. The molecule has 2 heteroatoms. The van der Waals surface area contributed by atoms with Crippen molar-refractivity contribution in [3.8, 4) is 0 Å². The monoisotopic (exact) mass is 181 g/mol. The Morgan fingerprint density at radius 2 is 2.15 bits per heavy atom. The minimum Gasteiger partial charge on any atom is -0.308 e. The van der Waals surface area contributed by atoms with Crippen LogP contribution in [0.2, 0.25) is 0 Å². The van der Waals surface area contributed by atoms with Crippen LogP contribution in [0.3, 0.4) is 0 Å². The number of nitrogens with zero attached hydrogens (tertiary/aromatic N) is 1. The molecule has 74 valence electrons. The molecule has 0 saturated carbocycles. The summed E-state index contributed by atoms with van der Waals surface area (Å²) < 4.78 is 0. The third-order valence-corrected chi connectivity index (χ3v) is 2.27. The molecule has 0 saturated heterocycles. The lowest BCUT2D eigenvalue weighted by molar-refractivity contribution is -0.123. The van der Waals surface area contributed by atoms with Gasteiger partial charge in [0.15, 0.2) is 5.78 Å². The highest BCUT2D eigenvalue weighted by Gasteiger charge is 2.29. The van der Waals surface area contributed by atoms with Gasteiger partial charge < -0.3 is 4.90 Å². The van der Waals surface area contributed by atoms with E-state index in [1.807, 2.05) is 32.8 Å². The minimum atomic E-state index is -0.297. The number of ketones is 1. The van der Waals surface area contributed by atoms with Gasteiger partial charge in [-0.3, -0.25) is 4.79 Å². The SMILES string of the molecule is C=C=CC(=O)C(C)(CC)CN(C)C. The summed E-state index contributed by atoms with van der Waals surface area (Å²) in [5.74, 6) is 0.110. The molecule has 0 N–H and O–H groups in total. The predicted molar refractivity (Wildman–Crippen MR) is 55.7 cm³/mol. The van der Waals surface area contributed by atoms with Gasteiger partial charge in [0.1, 0.15) is 0 Å². The van der Waals surface area contributed by atoms with E-state index < -0.39 is 0 Å². The van der Waals surface area contributed by atoms with Crippen molar-refractivity contribution in [2.24, 2.45) is 5.41 Å².